The number of aromatic nitrogens is 1. The summed E-state index contributed by atoms with van der Waals surface area (Å²) in [5.41, 5.74) is -28.8. The van der Waals surface area contributed by atoms with E-state index in [0.29, 0.717) is 12.2 Å². The van der Waals surface area contributed by atoms with Crippen LogP contribution < -0.4 is 26.4 Å². The lowest BCUT2D eigenvalue weighted by molar-refractivity contribution is -0.689. The first-order valence-electron chi connectivity index (χ1n) is 21.6. The summed E-state index contributed by atoms with van der Waals surface area (Å²) < 4.78 is 360. The fraction of sp³-hybridized carbons (Fsp3) is 0.200. The van der Waals surface area contributed by atoms with Crippen molar-refractivity contribution in [1.82, 2.24) is 0 Å². The third-order valence-corrected chi connectivity index (χ3v) is 12.0. The van der Waals surface area contributed by atoms with Crippen LogP contribution in [0.3, 0.4) is 0 Å². The van der Waals surface area contributed by atoms with Crippen molar-refractivity contribution in [3.05, 3.63) is 195 Å². The Morgan fingerprint density at radius 2 is 0.658 bits per heavy atom. The number of carbonyl (C=O) groups is 1. The topological polar surface area (TPSA) is 30.2 Å². The summed E-state index contributed by atoms with van der Waals surface area (Å²) in [6.45, 7) is -0.615. The fourth-order valence-electron chi connectivity index (χ4n) is 8.59. The molecule has 79 heavy (non-hydrogen) atoms. The molecule has 0 saturated heterocycles. The summed E-state index contributed by atoms with van der Waals surface area (Å²) in [6.07, 6.45) is -53.0. The Kier molecular flexibility index (Phi) is 16.4. The standard InChI is InChI=1S/C32H12BF24.C18H15FNO2/c34-25(35,36)13-1-14(26(37,38)39)6-21(5-13)33(22-7-15(27(40,41)42)2-16(8-22)28(43,44)45,23-9-17(29(46,47)48)3-18(10-23)30(49,50)51)24-11-19(31(52,53)54)4-20(12-24)32(55,56)57;19-13-22-18(21)17-16-9-5-4-8-15(16)10-11-20(17)12-14-6-2-1-3-7-14/h1-12H;1-11H,12-13H2/q-1;+1. The molecule has 0 aliphatic heterocycles. The van der Waals surface area contributed by atoms with Gasteiger partial charge in [0.1, 0.15) is 6.15 Å². The molecular weight excluding hydrogens is 1130 g/mol. The number of hydrogen-bond acceptors (Lipinski definition) is 2. The van der Waals surface area contributed by atoms with E-state index in [9.17, 15) is 115 Å². The van der Waals surface area contributed by atoms with Gasteiger partial charge in [0.2, 0.25) is 6.86 Å². The van der Waals surface area contributed by atoms with Gasteiger partial charge >= 0.3 is 55.4 Å². The molecular formula is C50H27BF25NO2. The molecule has 0 bridgehead atoms. The molecule has 0 amide bonds. The zero-order valence-electron chi connectivity index (χ0n) is 38.5. The number of nitrogens with zero attached hydrogens (tertiary/aromatic N) is 1. The van der Waals surface area contributed by atoms with E-state index < -0.39 is 208 Å². The molecule has 1 aromatic heterocycles. The number of ether oxygens (including phenoxy) is 1. The van der Waals surface area contributed by atoms with Crippen LogP contribution in [0, 0.1) is 0 Å². The maximum absolute atomic E-state index is 14.2. The maximum Gasteiger partial charge on any atom is 0.416 e. The molecule has 0 N–H and O–H groups in total. The van der Waals surface area contributed by atoms with Gasteiger partial charge in [-0.3, -0.25) is 0 Å². The molecule has 422 valence electrons. The van der Waals surface area contributed by atoms with E-state index in [-0.39, 0.29) is 0 Å². The van der Waals surface area contributed by atoms with E-state index in [1.54, 1.807) is 4.57 Å². The minimum absolute atomic E-state index is 0.361. The summed E-state index contributed by atoms with van der Waals surface area (Å²) in [5.74, 6) is -0.657. The molecule has 1 heterocycles. The lowest BCUT2D eigenvalue weighted by Gasteiger charge is -2.46. The lowest BCUT2D eigenvalue weighted by Crippen LogP contribution is -2.75. The van der Waals surface area contributed by atoms with E-state index in [1.807, 2.05) is 66.9 Å². The minimum Gasteiger partial charge on any atom is -0.426 e. The summed E-state index contributed by atoms with van der Waals surface area (Å²) in [7, 11) is 0. The molecule has 3 nitrogen and oxygen atoms in total. The zero-order chi connectivity index (χ0) is 59.3. The molecule has 0 atom stereocenters. The van der Waals surface area contributed by atoms with Gasteiger partial charge < -0.3 is 4.74 Å². The largest absolute Gasteiger partial charge is 0.426 e. The number of esters is 1. The van der Waals surface area contributed by atoms with Crippen molar-refractivity contribution in [2.45, 2.75) is 56.0 Å². The van der Waals surface area contributed by atoms with Gasteiger partial charge in [0.05, 0.1) is 49.9 Å². The first kappa shape index (κ1) is 60.7. The van der Waals surface area contributed by atoms with Crippen LogP contribution in [-0.4, -0.2) is 19.0 Å². The van der Waals surface area contributed by atoms with Gasteiger partial charge in [0.25, 0.3) is 5.69 Å². The Labute approximate surface area is 426 Å². The number of rotatable bonds is 8. The molecule has 0 aliphatic rings. The average molecular weight is 1160 g/mol. The predicted molar refractivity (Wildman–Crippen MR) is 231 cm³/mol. The van der Waals surface area contributed by atoms with E-state index in [1.165, 1.54) is 0 Å². The highest BCUT2D eigenvalue weighted by atomic mass is 19.4. The van der Waals surface area contributed by atoms with Crippen molar-refractivity contribution in [2.75, 3.05) is 6.86 Å². The Bertz CT molecular complexity index is 2910. The molecule has 0 saturated carbocycles. The number of halogens is 25. The predicted octanol–water partition coefficient (Wildman–Crippen LogP) is 14.5. The Hall–Kier alpha value is -7.49. The van der Waals surface area contributed by atoms with Gasteiger partial charge in [-0.2, -0.15) is 132 Å². The quantitative estimate of drug-likeness (QED) is 0.0657. The second-order valence-corrected chi connectivity index (χ2v) is 17.1. The van der Waals surface area contributed by atoms with Gasteiger partial charge in [-0.05, 0) is 35.7 Å². The number of benzene rings is 6. The molecule has 7 aromatic rings. The van der Waals surface area contributed by atoms with Crippen LogP contribution in [0.1, 0.15) is 60.6 Å². The lowest BCUT2D eigenvalue weighted by atomic mass is 9.12. The number of pyridine rings is 1. The molecule has 6 aromatic carbocycles. The van der Waals surface area contributed by atoms with Crippen LogP contribution >= 0.6 is 0 Å². The normalized spacial score (nSPS) is 13.3. The average Bonchev–Trinajstić information content (AvgIpc) is 3.46. The molecule has 0 unspecified atom stereocenters. The van der Waals surface area contributed by atoms with Crippen LogP contribution in [0.25, 0.3) is 10.8 Å². The second-order valence-electron chi connectivity index (χ2n) is 17.1. The van der Waals surface area contributed by atoms with E-state index in [4.69, 9.17) is 0 Å². The monoisotopic (exact) mass is 1160 g/mol. The second kappa shape index (κ2) is 21.3. The Morgan fingerprint density at radius 3 is 0.937 bits per heavy atom. The summed E-state index contributed by atoms with van der Waals surface area (Å²) in [6, 6.07) is 10.4. The van der Waals surface area contributed by atoms with Gasteiger partial charge in [0.15, 0.2) is 12.7 Å². The first-order chi connectivity index (χ1) is 36.1. The van der Waals surface area contributed by atoms with Crippen LogP contribution in [0.4, 0.5) is 110 Å². The zero-order valence-corrected chi connectivity index (χ0v) is 38.5. The summed E-state index contributed by atoms with van der Waals surface area (Å²) in [4.78, 5) is 12.2. The highest BCUT2D eigenvalue weighted by Crippen LogP contribution is 2.41. The van der Waals surface area contributed by atoms with Crippen LogP contribution in [0.2, 0.25) is 0 Å². The van der Waals surface area contributed by atoms with Gasteiger partial charge in [0, 0.05) is 11.6 Å². The molecule has 0 aliphatic carbocycles. The SMILES string of the molecule is FC(F)(F)c1cc([B-](c2cc(C(F)(F)F)cc(C(F)(F)F)c2)(c2cc(C(F)(F)F)cc(C(F)(F)F)c2)c2cc(C(F)(F)F)cc(C(F)(F)F)c2)cc(C(F)(F)F)c1.O=C(OCF)c1c2ccccc2cc[n+]1Cc1ccccc1. The van der Waals surface area contributed by atoms with Crippen molar-refractivity contribution in [2.24, 2.45) is 0 Å². The highest BCUT2D eigenvalue weighted by molar-refractivity contribution is 7.20. The Morgan fingerprint density at radius 1 is 0.380 bits per heavy atom. The number of alkyl halides is 25. The Balaban J connectivity index is 0.000000378. The van der Waals surface area contributed by atoms with Crippen LogP contribution in [0.15, 0.2) is 140 Å². The molecule has 7 rings (SSSR count). The van der Waals surface area contributed by atoms with Crippen molar-refractivity contribution >= 4 is 44.7 Å². The number of carbonyl (C=O) groups excluding carboxylic acids is 1. The maximum atomic E-state index is 14.2. The smallest absolute Gasteiger partial charge is 0.416 e. The van der Waals surface area contributed by atoms with E-state index in [0.717, 1.165) is 16.3 Å². The van der Waals surface area contributed by atoms with E-state index in [2.05, 4.69) is 4.74 Å². The molecule has 0 fully saturated rings. The molecule has 0 spiro atoms. The van der Waals surface area contributed by atoms with Gasteiger partial charge in [-0.15, -0.1) is 0 Å². The third-order valence-electron chi connectivity index (χ3n) is 12.0. The summed E-state index contributed by atoms with van der Waals surface area (Å²) >= 11 is 0. The first-order valence-corrected chi connectivity index (χ1v) is 21.6. The van der Waals surface area contributed by atoms with Crippen molar-refractivity contribution in [1.29, 1.82) is 0 Å². The van der Waals surface area contributed by atoms with Crippen LogP contribution in [-0.2, 0) is 60.7 Å². The number of fused-ring (bicyclic) bond motifs is 1. The van der Waals surface area contributed by atoms with Crippen molar-refractivity contribution < 1.29 is 124 Å². The fourth-order valence-corrected chi connectivity index (χ4v) is 8.59. The van der Waals surface area contributed by atoms with Gasteiger partial charge in [-0.25, -0.2) is 9.18 Å². The van der Waals surface area contributed by atoms with Gasteiger partial charge in [-0.1, -0.05) is 97.1 Å². The minimum atomic E-state index is -6.13. The third kappa shape index (κ3) is 13.7. The van der Waals surface area contributed by atoms with E-state index >= 15 is 0 Å². The van der Waals surface area contributed by atoms with Crippen molar-refractivity contribution in [3.8, 4) is 0 Å². The number of hydrogen-bond donors (Lipinski definition) is 0. The summed E-state index contributed by atoms with van der Waals surface area (Å²) in [5, 5.41) is 1.66. The molecule has 29 heteroatoms. The van der Waals surface area contributed by atoms with Crippen LogP contribution in [0.5, 0.6) is 0 Å². The van der Waals surface area contributed by atoms with Crippen molar-refractivity contribution in [3.63, 3.8) is 0 Å². The highest BCUT2D eigenvalue weighted by Gasteiger charge is 2.47. The molecule has 0 radical (unpaired) electrons.